The lowest BCUT2D eigenvalue weighted by Crippen LogP contribution is -2.38. The number of likely N-dealkylation sites (N-methyl/N-ethyl adjacent to an activating group) is 1. The second kappa shape index (κ2) is 12.1. The van der Waals surface area contributed by atoms with Gasteiger partial charge in [-0.05, 0) is 61.0 Å². The maximum Gasteiger partial charge on any atom is 0.410 e. The van der Waals surface area contributed by atoms with Crippen molar-refractivity contribution < 1.29 is 19.1 Å². The first-order chi connectivity index (χ1) is 18.0. The van der Waals surface area contributed by atoms with Crippen LogP contribution < -0.4 is 15.4 Å². The summed E-state index contributed by atoms with van der Waals surface area (Å²) in [4.78, 5) is 30.1. The summed E-state index contributed by atoms with van der Waals surface area (Å²) in [6.07, 6.45) is 2.03. The third-order valence-corrected chi connectivity index (χ3v) is 7.46. The maximum absolute atomic E-state index is 13.0. The molecular formula is C29H38N4O4. The van der Waals surface area contributed by atoms with E-state index in [0.717, 1.165) is 48.6 Å². The van der Waals surface area contributed by atoms with Crippen LogP contribution in [0.25, 0.3) is 0 Å². The number of fused-ring (bicyclic) bond motifs is 3. The number of amides is 2. The molecule has 0 aliphatic carbocycles. The molecule has 0 bridgehead atoms. The summed E-state index contributed by atoms with van der Waals surface area (Å²) in [5, 5.41) is 6.73. The van der Waals surface area contributed by atoms with E-state index in [1.54, 1.807) is 18.1 Å². The number of rotatable bonds is 10. The van der Waals surface area contributed by atoms with E-state index in [1.807, 2.05) is 30.3 Å². The number of methoxy groups -OCH3 is 1. The van der Waals surface area contributed by atoms with E-state index in [1.165, 1.54) is 0 Å². The fourth-order valence-electron chi connectivity index (χ4n) is 5.45. The zero-order valence-corrected chi connectivity index (χ0v) is 22.0. The summed E-state index contributed by atoms with van der Waals surface area (Å²) in [6.45, 7) is 11.9. The lowest BCUT2D eigenvalue weighted by molar-refractivity contribution is 0.0948. The number of likely N-dealkylation sites (tertiary alicyclic amines) is 1. The summed E-state index contributed by atoms with van der Waals surface area (Å²) in [6, 6.07) is 13.6. The molecule has 198 valence electrons. The van der Waals surface area contributed by atoms with Crippen molar-refractivity contribution in [3.05, 3.63) is 71.8 Å². The smallest absolute Gasteiger partial charge is 0.410 e. The molecule has 3 atom stereocenters. The first kappa shape index (κ1) is 26.5. The highest BCUT2D eigenvalue weighted by atomic mass is 16.6. The summed E-state index contributed by atoms with van der Waals surface area (Å²) in [7, 11) is 1.65. The van der Waals surface area contributed by atoms with Gasteiger partial charge in [0.05, 0.1) is 19.2 Å². The van der Waals surface area contributed by atoms with Gasteiger partial charge in [0.1, 0.15) is 12.4 Å². The monoisotopic (exact) mass is 506 g/mol. The number of nitrogens with one attached hydrogen (secondary N) is 2. The minimum Gasteiger partial charge on any atom is -0.497 e. The SMILES string of the molecule is C=CCOC(=O)N1CC[C@H]2C(c3ccc(OC)cc3)Nc3ccc(C(=O)NCCN(CC)CC)cc3[C@H]21. The zero-order valence-electron chi connectivity index (χ0n) is 22.0. The molecule has 1 unspecified atom stereocenters. The van der Waals surface area contributed by atoms with Crippen LogP contribution in [0.4, 0.5) is 10.5 Å². The summed E-state index contributed by atoms with van der Waals surface area (Å²) in [5.74, 6) is 0.815. The lowest BCUT2D eigenvalue weighted by Gasteiger charge is -2.40. The van der Waals surface area contributed by atoms with E-state index in [-0.39, 0.29) is 36.6 Å². The number of carbonyl (C=O) groups is 2. The topological polar surface area (TPSA) is 83.1 Å². The number of hydrogen-bond donors (Lipinski definition) is 2. The van der Waals surface area contributed by atoms with E-state index in [0.29, 0.717) is 18.7 Å². The molecule has 2 aliphatic rings. The second-order valence-corrected chi connectivity index (χ2v) is 9.44. The molecule has 0 spiro atoms. The molecule has 2 aromatic carbocycles. The lowest BCUT2D eigenvalue weighted by atomic mass is 9.79. The largest absolute Gasteiger partial charge is 0.497 e. The molecule has 2 N–H and O–H groups in total. The number of benzene rings is 2. The van der Waals surface area contributed by atoms with Gasteiger partial charge in [0, 0.05) is 36.8 Å². The average Bonchev–Trinajstić information content (AvgIpc) is 3.39. The van der Waals surface area contributed by atoms with Crippen LogP contribution in [0.2, 0.25) is 0 Å². The molecule has 2 amide bonds. The van der Waals surface area contributed by atoms with Crippen LogP contribution in [0.3, 0.4) is 0 Å². The molecule has 2 heterocycles. The Morgan fingerprint density at radius 3 is 2.62 bits per heavy atom. The van der Waals surface area contributed by atoms with E-state index in [9.17, 15) is 9.59 Å². The van der Waals surface area contributed by atoms with Crippen molar-refractivity contribution in [2.24, 2.45) is 5.92 Å². The Labute approximate surface area is 219 Å². The number of carbonyl (C=O) groups excluding carboxylic acids is 2. The summed E-state index contributed by atoms with van der Waals surface area (Å²) >= 11 is 0. The fourth-order valence-corrected chi connectivity index (χ4v) is 5.45. The highest BCUT2D eigenvalue weighted by Gasteiger charge is 2.47. The van der Waals surface area contributed by atoms with Crippen molar-refractivity contribution in [1.82, 2.24) is 15.1 Å². The van der Waals surface area contributed by atoms with Crippen LogP contribution in [0, 0.1) is 5.92 Å². The maximum atomic E-state index is 13.0. The van der Waals surface area contributed by atoms with Crippen LogP contribution in [-0.2, 0) is 4.74 Å². The summed E-state index contributed by atoms with van der Waals surface area (Å²) < 4.78 is 10.8. The Kier molecular flexibility index (Phi) is 8.71. The minimum absolute atomic E-state index is 0.00866. The van der Waals surface area contributed by atoms with Crippen LogP contribution >= 0.6 is 0 Å². The van der Waals surface area contributed by atoms with Crippen molar-refractivity contribution in [2.45, 2.75) is 32.4 Å². The van der Waals surface area contributed by atoms with E-state index in [2.05, 4.69) is 48.1 Å². The van der Waals surface area contributed by atoms with E-state index in [4.69, 9.17) is 9.47 Å². The highest BCUT2D eigenvalue weighted by molar-refractivity contribution is 5.95. The Morgan fingerprint density at radius 1 is 1.19 bits per heavy atom. The molecule has 0 radical (unpaired) electrons. The van der Waals surface area contributed by atoms with Gasteiger partial charge in [0.25, 0.3) is 5.91 Å². The van der Waals surface area contributed by atoms with Crippen molar-refractivity contribution in [2.75, 3.05) is 51.8 Å². The quantitative estimate of drug-likeness (QED) is 0.458. The van der Waals surface area contributed by atoms with Crippen molar-refractivity contribution in [3.8, 4) is 5.75 Å². The number of ether oxygens (including phenoxy) is 2. The first-order valence-corrected chi connectivity index (χ1v) is 13.1. The fraction of sp³-hybridized carbons (Fsp3) is 0.448. The Balaban J connectivity index is 1.62. The van der Waals surface area contributed by atoms with Gasteiger partial charge >= 0.3 is 6.09 Å². The third-order valence-electron chi connectivity index (χ3n) is 7.46. The van der Waals surface area contributed by atoms with Crippen molar-refractivity contribution in [1.29, 1.82) is 0 Å². The first-order valence-electron chi connectivity index (χ1n) is 13.1. The van der Waals surface area contributed by atoms with Gasteiger partial charge in [0.2, 0.25) is 0 Å². The van der Waals surface area contributed by atoms with Crippen molar-refractivity contribution >= 4 is 17.7 Å². The van der Waals surface area contributed by atoms with Crippen LogP contribution in [-0.4, -0.2) is 68.2 Å². The Bertz CT molecular complexity index is 1100. The van der Waals surface area contributed by atoms with Crippen LogP contribution in [0.15, 0.2) is 55.1 Å². The zero-order chi connectivity index (χ0) is 26.4. The van der Waals surface area contributed by atoms with Gasteiger partial charge in [-0.2, -0.15) is 0 Å². The van der Waals surface area contributed by atoms with Gasteiger partial charge < -0.3 is 29.9 Å². The third kappa shape index (κ3) is 5.74. The molecule has 8 heteroatoms. The standard InChI is InChI=1S/C29H38N4O4/c1-5-18-37-29(35)33-16-14-23-26(20-8-11-22(36-4)12-9-20)31-25-13-10-21(19-24(25)27(23)33)28(34)30-15-17-32(6-2)7-3/h5,8-13,19,23,26-27,31H,1,6-7,14-18H2,2-4H3,(H,30,34)/t23-,26?,27-/m0/s1. The number of anilines is 1. The Morgan fingerprint density at radius 2 is 1.95 bits per heavy atom. The molecule has 1 fully saturated rings. The molecule has 8 nitrogen and oxygen atoms in total. The molecule has 0 aromatic heterocycles. The molecule has 37 heavy (non-hydrogen) atoms. The van der Waals surface area contributed by atoms with Crippen molar-refractivity contribution in [3.63, 3.8) is 0 Å². The molecular weight excluding hydrogens is 468 g/mol. The molecule has 2 aliphatic heterocycles. The van der Waals surface area contributed by atoms with Gasteiger partial charge in [-0.15, -0.1) is 0 Å². The molecule has 1 saturated heterocycles. The van der Waals surface area contributed by atoms with Gasteiger partial charge in [-0.1, -0.05) is 38.6 Å². The van der Waals surface area contributed by atoms with Crippen LogP contribution in [0.1, 0.15) is 53.8 Å². The normalized spacial score (nSPS) is 20.0. The van der Waals surface area contributed by atoms with Gasteiger partial charge in [-0.25, -0.2) is 4.79 Å². The summed E-state index contributed by atoms with van der Waals surface area (Å²) in [5.41, 5.74) is 3.58. The van der Waals surface area contributed by atoms with Gasteiger partial charge in [-0.3, -0.25) is 4.79 Å². The number of nitrogens with zero attached hydrogens (tertiary/aromatic N) is 2. The minimum atomic E-state index is -0.359. The van der Waals surface area contributed by atoms with Crippen LogP contribution in [0.5, 0.6) is 5.75 Å². The molecule has 2 aromatic rings. The second-order valence-electron chi connectivity index (χ2n) is 9.44. The average molecular weight is 507 g/mol. The molecule has 4 rings (SSSR count). The number of hydrogen-bond acceptors (Lipinski definition) is 6. The predicted octanol–water partition coefficient (Wildman–Crippen LogP) is 4.62. The highest BCUT2D eigenvalue weighted by Crippen LogP contribution is 2.51. The van der Waals surface area contributed by atoms with Gasteiger partial charge in [0.15, 0.2) is 0 Å². The van der Waals surface area contributed by atoms with E-state index >= 15 is 0 Å². The predicted molar refractivity (Wildman–Crippen MR) is 145 cm³/mol. The molecule has 0 saturated carbocycles. The Hall–Kier alpha value is -3.52. The van der Waals surface area contributed by atoms with E-state index < -0.39 is 0 Å².